The number of nitrogens with one attached hydrogen (secondary N) is 1. The summed E-state index contributed by atoms with van der Waals surface area (Å²) in [5.74, 6) is -1.27. The molecule has 0 saturated carbocycles. The van der Waals surface area contributed by atoms with Gasteiger partial charge in [-0.1, -0.05) is 12.1 Å². The molecule has 0 aliphatic rings. The number of carbonyl (C=O) groups excluding carboxylic acids is 1. The van der Waals surface area contributed by atoms with E-state index < -0.39 is 12.0 Å². The van der Waals surface area contributed by atoms with E-state index >= 15 is 0 Å². The Morgan fingerprint density at radius 1 is 1.43 bits per heavy atom. The third kappa shape index (κ3) is 2.72. The van der Waals surface area contributed by atoms with Crippen molar-refractivity contribution in [2.24, 2.45) is 0 Å². The smallest absolute Gasteiger partial charge is 0.115 e. The number of carbonyl (C=O) groups is 1. The zero-order valence-electron chi connectivity index (χ0n) is 7.30. The van der Waals surface area contributed by atoms with Gasteiger partial charge < -0.3 is 20.2 Å². The maximum atomic E-state index is 10.4. The second-order valence-electron chi connectivity index (χ2n) is 2.87. The number of benzene rings is 1. The second kappa shape index (κ2) is 4.59. The molecule has 0 unspecified atom stereocenters. The maximum Gasteiger partial charge on any atom is 0.115 e. The van der Waals surface area contributed by atoms with Gasteiger partial charge in [0.1, 0.15) is 5.75 Å². The van der Waals surface area contributed by atoms with Crippen molar-refractivity contribution in [2.75, 3.05) is 0 Å². The van der Waals surface area contributed by atoms with Crippen LogP contribution in [0.25, 0.3) is 0 Å². The summed E-state index contributed by atoms with van der Waals surface area (Å²) < 4.78 is 0. The molecule has 5 heteroatoms. The van der Waals surface area contributed by atoms with Crippen LogP contribution in [0.4, 0.5) is 0 Å². The minimum atomic E-state index is -1.37. The minimum absolute atomic E-state index is 0.0963. The van der Waals surface area contributed by atoms with Crippen LogP contribution in [0.5, 0.6) is 5.75 Å². The van der Waals surface area contributed by atoms with Gasteiger partial charge in [-0.3, -0.25) is 0 Å². The Bertz CT molecular complexity index is 309. The highest BCUT2D eigenvalue weighted by Gasteiger charge is 2.08. The molecular formula is C9H10NO4-. The average Bonchev–Trinajstić information content (AvgIpc) is 2.16. The minimum Gasteiger partial charge on any atom is -0.548 e. The Kier molecular flexibility index (Phi) is 3.44. The van der Waals surface area contributed by atoms with Crippen LogP contribution in [0.1, 0.15) is 5.56 Å². The van der Waals surface area contributed by atoms with Crippen molar-refractivity contribution in [3.05, 3.63) is 29.8 Å². The number of carboxylic acid groups (broad SMARTS) is 1. The second-order valence-corrected chi connectivity index (χ2v) is 2.87. The van der Waals surface area contributed by atoms with Crippen LogP contribution < -0.4 is 10.6 Å². The summed E-state index contributed by atoms with van der Waals surface area (Å²) in [6.45, 7) is 0. The Labute approximate surface area is 80.6 Å². The number of phenolic OH excluding ortho intramolecular Hbond substituents is 1. The molecule has 0 radical (unpaired) electrons. The van der Waals surface area contributed by atoms with Crippen LogP contribution in [0.3, 0.4) is 0 Å². The fourth-order valence-corrected chi connectivity index (χ4v) is 1.05. The lowest BCUT2D eigenvalue weighted by molar-refractivity contribution is -0.310. The molecule has 1 atom stereocenters. The summed E-state index contributed by atoms with van der Waals surface area (Å²) in [5.41, 5.74) is 2.32. The number of hydroxylamine groups is 1. The molecule has 0 spiro atoms. The summed E-state index contributed by atoms with van der Waals surface area (Å²) in [6, 6.07) is 4.89. The van der Waals surface area contributed by atoms with E-state index in [4.69, 9.17) is 10.3 Å². The predicted molar refractivity (Wildman–Crippen MR) is 45.5 cm³/mol. The van der Waals surface area contributed by atoms with Gasteiger partial charge in [-0.2, -0.15) is 5.48 Å². The number of aliphatic carboxylic acids is 1. The first-order valence-electron chi connectivity index (χ1n) is 4.02. The summed E-state index contributed by atoms with van der Waals surface area (Å²) in [5, 5.41) is 27.9. The third-order valence-electron chi connectivity index (χ3n) is 1.82. The highest BCUT2D eigenvalue weighted by molar-refractivity contribution is 5.71. The molecule has 0 aliphatic heterocycles. The monoisotopic (exact) mass is 196 g/mol. The topological polar surface area (TPSA) is 92.6 Å². The van der Waals surface area contributed by atoms with Gasteiger partial charge in [-0.25, -0.2) is 0 Å². The fraction of sp³-hybridized carbons (Fsp3) is 0.222. The summed E-state index contributed by atoms with van der Waals surface area (Å²) in [4.78, 5) is 10.4. The molecule has 5 nitrogen and oxygen atoms in total. The molecule has 0 bridgehead atoms. The first-order chi connectivity index (χ1) is 6.63. The van der Waals surface area contributed by atoms with Crippen molar-refractivity contribution in [3.63, 3.8) is 0 Å². The van der Waals surface area contributed by atoms with E-state index in [1.165, 1.54) is 12.1 Å². The largest absolute Gasteiger partial charge is 0.548 e. The molecule has 0 aromatic heterocycles. The molecule has 0 saturated heterocycles. The van der Waals surface area contributed by atoms with Gasteiger partial charge >= 0.3 is 0 Å². The lowest BCUT2D eigenvalue weighted by Crippen LogP contribution is -2.45. The standard InChI is InChI=1S/C9H11NO4/c11-7-3-1-6(2-4-7)5-8(10-14)9(12)13/h1-4,8,10-11,14H,5H2,(H,12,13)/p-1/t8-/m0/s1. The van der Waals surface area contributed by atoms with E-state index in [1.807, 2.05) is 0 Å². The Hall–Kier alpha value is -1.59. The Morgan fingerprint density at radius 2 is 2.00 bits per heavy atom. The number of carboxylic acids is 1. The predicted octanol–water partition coefficient (Wildman–Crippen LogP) is -0.968. The van der Waals surface area contributed by atoms with E-state index in [1.54, 1.807) is 17.6 Å². The molecule has 0 amide bonds. The Balaban J connectivity index is 2.67. The Morgan fingerprint density at radius 3 is 2.43 bits per heavy atom. The van der Waals surface area contributed by atoms with Crippen LogP contribution in [-0.2, 0) is 11.2 Å². The highest BCUT2D eigenvalue weighted by Crippen LogP contribution is 2.10. The van der Waals surface area contributed by atoms with Crippen molar-refractivity contribution in [1.82, 2.24) is 5.48 Å². The van der Waals surface area contributed by atoms with Crippen molar-refractivity contribution < 1.29 is 20.2 Å². The number of rotatable bonds is 4. The first kappa shape index (κ1) is 10.5. The van der Waals surface area contributed by atoms with Gasteiger partial charge in [0.05, 0.1) is 12.0 Å². The van der Waals surface area contributed by atoms with Crippen LogP contribution in [0.2, 0.25) is 0 Å². The molecule has 1 aromatic rings. The number of phenols is 1. The van der Waals surface area contributed by atoms with E-state index in [0.717, 1.165) is 0 Å². The molecule has 3 N–H and O–H groups in total. The van der Waals surface area contributed by atoms with Gasteiger partial charge in [-0.05, 0) is 24.1 Å². The van der Waals surface area contributed by atoms with Crippen molar-refractivity contribution in [2.45, 2.75) is 12.5 Å². The lowest BCUT2D eigenvalue weighted by Gasteiger charge is -2.15. The van der Waals surface area contributed by atoms with E-state index in [0.29, 0.717) is 5.56 Å². The van der Waals surface area contributed by atoms with Crippen LogP contribution in [0.15, 0.2) is 24.3 Å². The molecule has 0 fully saturated rings. The summed E-state index contributed by atoms with van der Waals surface area (Å²) in [7, 11) is 0. The molecule has 0 aliphatic carbocycles. The van der Waals surface area contributed by atoms with E-state index in [2.05, 4.69) is 0 Å². The number of aromatic hydroxyl groups is 1. The molecule has 76 valence electrons. The zero-order valence-corrected chi connectivity index (χ0v) is 7.30. The fourth-order valence-electron chi connectivity index (χ4n) is 1.05. The van der Waals surface area contributed by atoms with Gasteiger partial charge in [0.2, 0.25) is 0 Å². The van der Waals surface area contributed by atoms with E-state index in [-0.39, 0.29) is 12.2 Å². The van der Waals surface area contributed by atoms with Gasteiger partial charge in [0.25, 0.3) is 0 Å². The van der Waals surface area contributed by atoms with Crippen LogP contribution in [0, 0.1) is 0 Å². The van der Waals surface area contributed by atoms with E-state index in [9.17, 15) is 9.90 Å². The zero-order chi connectivity index (χ0) is 10.6. The van der Waals surface area contributed by atoms with Crippen LogP contribution >= 0.6 is 0 Å². The van der Waals surface area contributed by atoms with Gasteiger partial charge in [-0.15, -0.1) is 0 Å². The summed E-state index contributed by atoms with van der Waals surface area (Å²) in [6.07, 6.45) is 0.0963. The van der Waals surface area contributed by atoms with Crippen molar-refractivity contribution in [1.29, 1.82) is 0 Å². The molecule has 0 heterocycles. The van der Waals surface area contributed by atoms with Crippen molar-refractivity contribution >= 4 is 5.97 Å². The first-order valence-corrected chi connectivity index (χ1v) is 4.02. The number of hydrogen-bond acceptors (Lipinski definition) is 5. The quantitative estimate of drug-likeness (QED) is 0.539. The normalized spacial score (nSPS) is 12.4. The molecular weight excluding hydrogens is 186 g/mol. The molecule has 1 aromatic carbocycles. The number of hydrogen-bond donors (Lipinski definition) is 3. The van der Waals surface area contributed by atoms with Gasteiger partial charge in [0.15, 0.2) is 0 Å². The maximum absolute atomic E-state index is 10.4. The highest BCUT2D eigenvalue weighted by atomic mass is 16.5. The SMILES string of the molecule is O=C([O-])[C@H](Cc1ccc(O)cc1)NO. The lowest BCUT2D eigenvalue weighted by atomic mass is 10.1. The molecule has 1 rings (SSSR count). The third-order valence-corrected chi connectivity index (χ3v) is 1.82. The van der Waals surface area contributed by atoms with Crippen molar-refractivity contribution in [3.8, 4) is 5.75 Å². The average molecular weight is 196 g/mol. The summed E-state index contributed by atoms with van der Waals surface area (Å²) >= 11 is 0. The van der Waals surface area contributed by atoms with Gasteiger partial charge in [0, 0.05) is 0 Å². The van der Waals surface area contributed by atoms with Crippen LogP contribution in [-0.4, -0.2) is 22.3 Å². The molecule has 14 heavy (non-hydrogen) atoms.